The Kier molecular flexibility index (Phi) is 4.57. The second kappa shape index (κ2) is 6.96. The van der Waals surface area contributed by atoms with Crippen LogP contribution in [-0.2, 0) is 0 Å². The number of amides is 1. The number of carbonyl (C=O) groups is 1. The number of fused-ring (bicyclic) bond motifs is 1. The molecule has 23 heavy (non-hydrogen) atoms. The number of nitrogens with zero attached hydrogens (tertiary/aromatic N) is 1. The third kappa shape index (κ3) is 3.88. The maximum absolute atomic E-state index is 12.1. The van der Waals surface area contributed by atoms with Gasteiger partial charge in [-0.25, -0.2) is 4.98 Å². The minimum Gasteiger partial charge on any atom is -0.494 e. The van der Waals surface area contributed by atoms with Gasteiger partial charge < -0.3 is 15.0 Å². The van der Waals surface area contributed by atoms with E-state index in [0.717, 1.165) is 23.2 Å². The molecular weight excluding hydrogens is 290 g/mol. The molecule has 0 fully saturated rings. The lowest BCUT2D eigenvalue weighted by molar-refractivity contribution is 0.0951. The Morgan fingerprint density at radius 2 is 2.17 bits per heavy atom. The van der Waals surface area contributed by atoms with E-state index in [9.17, 15) is 4.79 Å². The van der Waals surface area contributed by atoms with Crippen molar-refractivity contribution < 1.29 is 9.53 Å². The Morgan fingerprint density at radius 1 is 1.26 bits per heavy atom. The number of carbonyl (C=O) groups excluding carboxylic acids is 1. The van der Waals surface area contributed by atoms with Crippen molar-refractivity contribution in [2.75, 3.05) is 13.2 Å². The number of ether oxygens (including phenoxy) is 1. The largest absolute Gasteiger partial charge is 0.494 e. The highest BCUT2D eigenvalue weighted by Gasteiger charge is 2.06. The molecule has 0 saturated heterocycles. The van der Waals surface area contributed by atoms with Crippen molar-refractivity contribution in [2.24, 2.45) is 0 Å². The third-order valence-corrected chi connectivity index (χ3v) is 3.55. The van der Waals surface area contributed by atoms with Gasteiger partial charge in [0.1, 0.15) is 5.75 Å². The van der Waals surface area contributed by atoms with Gasteiger partial charge in [0.05, 0.1) is 24.0 Å². The second-order valence-corrected chi connectivity index (χ2v) is 5.41. The summed E-state index contributed by atoms with van der Waals surface area (Å²) in [6.07, 6.45) is 2.38. The van der Waals surface area contributed by atoms with Crippen molar-refractivity contribution >= 4 is 16.9 Å². The topological polar surface area (TPSA) is 67.0 Å². The lowest BCUT2D eigenvalue weighted by Gasteiger charge is -2.08. The molecule has 0 aliphatic heterocycles. The van der Waals surface area contributed by atoms with Gasteiger partial charge in [-0.2, -0.15) is 0 Å². The standard InChI is InChI=1S/C18H19N3O2/c1-13-4-2-5-15(10-13)23-9-3-8-19-18(22)14-6-7-16-17(11-14)21-12-20-16/h2,4-7,10-12H,3,8-9H2,1H3,(H,19,22)(H,20,21). The van der Waals surface area contributed by atoms with Gasteiger partial charge in [0.15, 0.2) is 0 Å². The highest BCUT2D eigenvalue weighted by atomic mass is 16.5. The molecule has 118 valence electrons. The lowest BCUT2D eigenvalue weighted by Crippen LogP contribution is -2.25. The summed E-state index contributed by atoms with van der Waals surface area (Å²) in [6.45, 7) is 3.18. The Bertz CT molecular complexity index is 811. The van der Waals surface area contributed by atoms with Gasteiger partial charge in [0, 0.05) is 12.1 Å². The summed E-state index contributed by atoms with van der Waals surface area (Å²) in [4.78, 5) is 19.2. The molecule has 5 nitrogen and oxygen atoms in total. The maximum atomic E-state index is 12.1. The van der Waals surface area contributed by atoms with Crippen LogP contribution in [0.2, 0.25) is 0 Å². The van der Waals surface area contributed by atoms with E-state index in [1.807, 2.05) is 37.3 Å². The van der Waals surface area contributed by atoms with Gasteiger partial charge in [0.2, 0.25) is 0 Å². The average molecular weight is 309 g/mol. The van der Waals surface area contributed by atoms with E-state index in [1.54, 1.807) is 18.5 Å². The Hall–Kier alpha value is -2.82. The monoisotopic (exact) mass is 309 g/mol. The number of hydrogen-bond donors (Lipinski definition) is 2. The first-order chi connectivity index (χ1) is 11.2. The maximum Gasteiger partial charge on any atom is 0.251 e. The molecule has 1 heterocycles. The van der Waals surface area contributed by atoms with Crippen LogP contribution >= 0.6 is 0 Å². The number of nitrogens with one attached hydrogen (secondary N) is 2. The van der Waals surface area contributed by atoms with Gasteiger partial charge in [-0.15, -0.1) is 0 Å². The first kappa shape index (κ1) is 15.1. The fourth-order valence-corrected chi connectivity index (χ4v) is 2.35. The van der Waals surface area contributed by atoms with E-state index in [0.29, 0.717) is 18.7 Å². The van der Waals surface area contributed by atoms with Crippen LogP contribution in [0.3, 0.4) is 0 Å². The van der Waals surface area contributed by atoms with Gasteiger partial charge in [0.25, 0.3) is 5.91 Å². The molecule has 2 aromatic carbocycles. The molecule has 3 aromatic rings. The third-order valence-electron chi connectivity index (χ3n) is 3.55. The van der Waals surface area contributed by atoms with Gasteiger partial charge in [-0.3, -0.25) is 4.79 Å². The fourth-order valence-electron chi connectivity index (χ4n) is 2.35. The minimum absolute atomic E-state index is 0.0861. The van der Waals surface area contributed by atoms with Crippen LogP contribution < -0.4 is 10.1 Å². The minimum atomic E-state index is -0.0861. The smallest absolute Gasteiger partial charge is 0.251 e. The molecule has 1 aromatic heterocycles. The summed E-state index contributed by atoms with van der Waals surface area (Å²) in [5.41, 5.74) is 3.51. The molecule has 0 aliphatic rings. The lowest BCUT2D eigenvalue weighted by atomic mass is 10.2. The molecule has 5 heteroatoms. The average Bonchev–Trinajstić information content (AvgIpc) is 3.02. The molecule has 1 amide bonds. The van der Waals surface area contributed by atoms with Crippen LogP contribution in [0.1, 0.15) is 22.3 Å². The van der Waals surface area contributed by atoms with Crippen molar-refractivity contribution in [2.45, 2.75) is 13.3 Å². The molecule has 3 rings (SSSR count). The Morgan fingerprint density at radius 3 is 3.04 bits per heavy atom. The molecule has 0 atom stereocenters. The molecule has 2 N–H and O–H groups in total. The Balaban J connectivity index is 1.44. The molecule has 0 saturated carbocycles. The van der Waals surface area contributed by atoms with Crippen LogP contribution in [0, 0.1) is 6.92 Å². The van der Waals surface area contributed by atoms with Crippen molar-refractivity contribution in [3.05, 3.63) is 59.9 Å². The summed E-state index contributed by atoms with van der Waals surface area (Å²) in [5.74, 6) is 0.776. The number of aryl methyl sites for hydroxylation is 1. The van der Waals surface area contributed by atoms with E-state index in [4.69, 9.17) is 4.74 Å². The van der Waals surface area contributed by atoms with Crippen molar-refractivity contribution in [1.29, 1.82) is 0 Å². The van der Waals surface area contributed by atoms with Gasteiger partial charge >= 0.3 is 0 Å². The number of rotatable bonds is 6. The number of aromatic nitrogens is 2. The zero-order chi connectivity index (χ0) is 16.1. The molecular formula is C18H19N3O2. The SMILES string of the molecule is Cc1cccc(OCCCNC(=O)c2ccc3nc[nH]c3c2)c1. The second-order valence-electron chi connectivity index (χ2n) is 5.41. The van der Waals surface area contributed by atoms with Gasteiger partial charge in [-0.1, -0.05) is 12.1 Å². The zero-order valence-corrected chi connectivity index (χ0v) is 13.0. The highest BCUT2D eigenvalue weighted by Crippen LogP contribution is 2.13. The summed E-state index contributed by atoms with van der Waals surface area (Å²) < 4.78 is 5.66. The molecule has 0 unspecified atom stereocenters. The summed E-state index contributed by atoms with van der Waals surface area (Å²) in [7, 11) is 0. The van der Waals surface area contributed by atoms with Crippen LogP contribution in [0.15, 0.2) is 48.8 Å². The van der Waals surface area contributed by atoms with E-state index in [1.165, 1.54) is 5.56 Å². The number of aromatic amines is 1. The van der Waals surface area contributed by atoms with E-state index in [-0.39, 0.29) is 5.91 Å². The predicted octanol–water partition coefficient (Wildman–Crippen LogP) is 3.07. The van der Waals surface area contributed by atoms with Crippen LogP contribution in [0.5, 0.6) is 5.75 Å². The van der Waals surface area contributed by atoms with Crippen LogP contribution in [-0.4, -0.2) is 29.0 Å². The summed E-state index contributed by atoms with van der Waals surface area (Å²) in [6, 6.07) is 13.4. The molecule has 0 spiro atoms. The fraction of sp³-hybridized carbons (Fsp3) is 0.222. The zero-order valence-electron chi connectivity index (χ0n) is 13.0. The van der Waals surface area contributed by atoms with E-state index >= 15 is 0 Å². The summed E-state index contributed by atoms with van der Waals surface area (Å²) >= 11 is 0. The number of H-pyrrole nitrogens is 1. The van der Waals surface area contributed by atoms with E-state index < -0.39 is 0 Å². The van der Waals surface area contributed by atoms with Crippen molar-refractivity contribution in [1.82, 2.24) is 15.3 Å². The van der Waals surface area contributed by atoms with Crippen molar-refractivity contribution in [3.63, 3.8) is 0 Å². The first-order valence-corrected chi connectivity index (χ1v) is 7.63. The quantitative estimate of drug-likeness (QED) is 0.688. The number of benzene rings is 2. The molecule has 0 radical (unpaired) electrons. The predicted molar refractivity (Wildman–Crippen MR) is 89.7 cm³/mol. The highest BCUT2D eigenvalue weighted by molar-refractivity contribution is 5.97. The molecule has 0 bridgehead atoms. The molecule has 0 aliphatic carbocycles. The van der Waals surface area contributed by atoms with Crippen LogP contribution in [0.4, 0.5) is 0 Å². The normalized spacial score (nSPS) is 10.7. The van der Waals surface area contributed by atoms with E-state index in [2.05, 4.69) is 15.3 Å². The van der Waals surface area contributed by atoms with Crippen LogP contribution in [0.25, 0.3) is 11.0 Å². The Labute approximate surface area is 134 Å². The summed E-state index contributed by atoms with van der Waals surface area (Å²) in [5, 5.41) is 2.90. The number of imidazole rings is 1. The van der Waals surface area contributed by atoms with Gasteiger partial charge in [-0.05, 0) is 49.2 Å². The first-order valence-electron chi connectivity index (χ1n) is 7.63. The number of hydrogen-bond acceptors (Lipinski definition) is 3. The van der Waals surface area contributed by atoms with Crippen molar-refractivity contribution in [3.8, 4) is 5.75 Å².